The van der Waals surface area contributed by atoms with E-state index in [1.807, 2.05) is 0 Å². The highest BCUT2D eigenvalue weighted by Crippen LogP contribution is 2.42. The molecule has 0 heterocycles. The van der Waals surface area contributed by atoms with Crippen LogP contribution >= 0.6 is 11.6 Å². The number of carbonyl (C=O) groups excluding carboxylic acids is 2. The van der Waals surface area contributed by atoms with E-state index in [1.54, 1.807) is 0 Å². The summed E-state index contributed by atoms with van der Waals surface area (Å²) in [4.78, 5) is 23.8. The lowest BCUT2D eigenvalue weighted by Crippen LogP contribution is -2.69. The second-order valence-electron chi connectivity index (χ2n) is 7.56. The molecule has 2 saturated carbocycles. The van der Waals surface area contributed by atoms with E-state index in [-0.39, 0.29) is 16.2 Å². The van der Waals surface area contributed by atoms with Gasteiger partial charge in [0, 0.05) is 19.6 Å². The van der Waals surface area contributed by atoms with Crippen LogP contribution in [0.1, 0.15) is 32.6 Å². The first kappa shape index (κ1) is 21.0. The maximum atomic E-state index is 12.5. The number of hydrogen-bond acceptors (Lipinski definition) is 7. The van der Waals surface area contributed by atoms with E-state index >= 15 is 0 Å². The molecule has 154 valence electrons. The van der Waals surface area contributed by atoms with Crippen LogP contribution in [0.15, 0.2) is 17.0 Å². The van der Waals surface area contributed by atoms with Crippen molar-refractivity contribution < 1.29 is 23.1 Å². The summed E-state index contributed by atoms with van der Waals surface area (Å²) < 4.78 is 25.9. The summed E-state index contributed by atoms with van der Waals surface area (Å²) in [6.45, 7) is 2.06. The van der Waals surface area contributed by atoms with E-state index in [1.165, 1.54) is 26.2 Å². The van der Waals surface area contributed by atoms with Crippen LogP contribution in [0.4, 0.5) is 5.69 Å². The van der Waals surface area contributed by atoms with Crippen molar-refractivity contribution in [3.63, 3.8) is 0 Å². The van der Waals surface area contributed by atoms with E-state index in [4.69, 9.17) is 11.6 Å². The second kappa shape index (κ2) is 7.29. The fraction of sp³-hybridized carbons (Fsp3) is 0.556. The Morgan fingerprint density at radius 2 is 1.82 bits per heavy atom. The number of Topliss-reactive ketones (excluding diaryl/α,β-unsaturated/α-hetero) is 2. The van der Waals surface area contributed by atoms with Crippen LogP contribution in [0.3, 0.4) is 0 Å². The van der Waals surface area contributed by atoms with E-state index in [0.717, 1.165) is 30.0 Å². The molecule has 2 unspecified atom stereocenters. The molecule has 0 spiro atoms. The molecule has 1 aromatic rings. The number of rotatable bonds is 8. The Morgan fingerprint density at radius 3 is 2.36 bits per heavy atom. The van der Waals surface area contributed by atoms with Gasteiger partial charge in [-0.1, -0.05) is 24.9 Å². The van der Waals surface area contributed by atoms with E-state index in [0.29, 0.717) is 0 Å². The third-order valence-electron chi connectivity index (χ3n) is 5.32. The minimum absolute atomic E-state index is 0.0304. The average Bonchev–Trinajstić information content (AvgIpc) is 3.39. The number of nitrogens with zero attached hydrogens (tertiary/aromatic N) is 1. The lowest BCUT2D eigenvalue weighted by atomic mass is 9.81. The van der Waals surface area contributed by atoms with Gasteiger partial charge >= 0.3 is 0 Å². The maximum absolute atomic E-state index is 12.5. The molecule has 1 aromatic carbocycles. The highest BCUT2D eigenvalue weighted by Gasteiger charge is 2.55. The number of phenols is 1. The Kier molecular flexibility index (Phi) is 5.48. The Labute approximate surface area is 169 Å². The third kappa shape index (κ3) is 3.52. The van der Waals surface area contributed by atoms with Gasteiger partial charge in [-0.2, -0.15) is 0 Å². The molecule has 0 aliphatic heterocycles. The molecule has 3 N–H and O–H groups in total. The number of nitrogens with one attached hydrogen (secondary N) is 2. The molecule has 3 rings (SSSR count). The first-order chi connectivity index (χ1) is 13.0. The molecule has 0 bridgehead atoms. The molecule has 0 saturated heterocycles. The third-order valence-corrected chi connectivity index (χ3v) is 7.64. The lowest BCUT2D eigenvalue weighted by Gasteiger charge is -2.38. The van der Waals surface area contributed by atoms with Gasteiger partial charge < -0.3 is 10.4 Å². The summed E-state index contributed by atoms with van der Waals surface area (Å²) in [5.41, 5.74) is -0.0835. The van der Waals surface area contributed by atoms with Gasteiger partial charge in [0.15, 0.2) is 5.75 Å². The zero-order valence-corrected chi connectivity index (χ0v) is 17.5. The van der Waals surface area contributed by atoms with Crippen LogP contribution in [-0.2, 0) is 19.6 Å². The minimum Gasteiger partial charge on any atom is -0.504 e. The molecular formula is C18H24ClN3O5S. The van der Waals surface area contributed by atoms with Crippen LogP contribution in [0.5, 0.6) is 5.75 Å². The zero-order chi connectivity index (χ0) is 20.9. The summed E-state index contributed by atoms with van der Waals surface area (Å²) in [5.74, 6) is -1.69. The van der Waals surface area contributed by atoms with Crippen molar-refractivity contribution in [1.29, 1.82) is 0 Å². The van der Waals surface area contributed by atoms with Crippen LogP contribution in [-0.4, -0.2) is 61.1 Å². The number of ketones is 2. The maximum Gasteiger partial charge on any atom is 0.247 e. The van der Waals surface area contributed by atoms with Crippen LogP contribution < -0.4 is 10.6 Å². The summed E-state index contributed by atoms with van der Waals surface area (Å²) in [7, 11) is -1.36. The number of carbonyl (C=O) groups is 2. The Hall–Kier alpha value is -1.68. The number of aromatic hydroxyl groups is 1. The topological polar surface area (TPSA) is 116 Å². The lowest BCUT2D eigenvalue weighted by molar-refractivity contribution is -0.146. The predicted molar refractivity (Wildman–Crippen MR) is 105 cm³/mol. The summed E-state index contributed by atoms with van der Waals surface area (Å²) >= 11 is 6.00. The van der Waals surface area contributed by atoms with Crippen molar-refractivity contribution in [2.45, 2.75) is 55.1 Å². The standard InChI is InChI=1S/C18H24ClN3O5S/c1-4-7-18(8-9-18)21-13-12(15(24)16(13)25)20-11-6-5-10(19)17(14(11)23)28(26,27)22(2)3/h5-6,12-13,20-21,23H,4,7-9H2,1-3H3. The van der Waals surface area contributed by atoms with Gasteiger partial charge in [0.05, 0.1) is 10.7 Å². The Bertz CT molecular complexity index is 927. The van der Waals surface area contributed by atoms with E-state index in [9.17, 15) is 23.1 Å². The number of sulfonamides is 1. The van der Waals surface area contributed by atoms with Crippen molar-refractivity contribution in [1.82, 2.24) is 9.62 Å². The molecule has 28 heavy (non-hydrogen) atoms. The van der Waals surface area contributed by atoms with Gasteiger partial charge in [-0.3, -0.25) is 14.9 Å². The second-order valence-corrected chi connectivity index (χ2v) is 10.1. The number of benzene rings is 1. The zero-order valence-electron chi connectivity index (χ0n) is 16.0. The summed E-state index contributed by atoms with van der Waals surface area (Å²) in [6, 6.07) is 1.14. The van der Waals surface area contributed by atoms with Crippen LogP contribution in [0.25, 0.3) is 0 Å². The molecule has 0 aromatic heterocycles. The minimum atomic E-state index is -4.01. The monoisotopic (exact) mass is 429 g/mol. The molecule has 2 atom stereocenters. The summed E-state index contributed by atoms with van der Waals surface area (Å²) in [5, 5.41) is 16.5. The van der Waals surface area contributed by atoms with Gasteiger partial charge in [-0.15, -0.1) is 0 Å². The number of halogens is 1. The van der Waals surface area contributed by atoms with Crippen molar-refractivity contribution in [2.24, 2.45) is 0 Å². The normalized spacial score (nSPS) is 23.6. The number of phenolic OH excluding ortho intramolecular Hbond substituents is 1. The fourth-order valence-electron chi connectivity index (χ4n) is 3.50. The Morgan fingerprint density at radius 1 is 1.21 bits per heavy atom. The molecule has 8 nitrogen and oxygen atoms in total. The predicted octanol–water partition coefficient (Wildman–Crippen LogP) is 1.52. The molecular weight excluding hydrogens is 406 g/mol. The van der Waals surface area contributed by atoms with Crippen molar-refractivity contribution >= 4 is 38.9 Å². The highest BCUT2D eigenvalue weighted by atomic mass is 35.5. The van der Waals surface area contributed by atoms with Gasteiger partial charge in [-0.05, 0) is 31.4 Å². The number of hydrogen-bond donors (Lipinski definition) is 3. The van der Waals surface area contributed by atoms with Gasteiger partial charge in [0.1, 0.15) is 17.0 Å². The largest absolute Gasteiger partial charge is 0.504 e. The van der Waals surface area contributed by atoms with Gasteiger partial charge in [-0.25, -0.2) is 12.7 Å². The fourth-order valence-corrected chi connectivity index (χ4v) is 4.97. The first-order valence-electron chi connectivity index (χ1n) is 9.10. The van der Waals surface area contributed by atoms with Gasteiger partial charge in [0.25, 0.3) is 0 Å². The molecule has 0 radical (unpaired) electrons. The molecule has 10 heteroatoms. The SMILES string of the molecule is CCCC1(NC2C(=O)C(=O)C2Nc2ccc(Cl)c(S(=O)(=O)N(C)C)c2O)CC1. The van der Waals surface area contributed by atoms with Crippen molar-refractivity contribution in [3.8, 4) is 5.75 Å². The molecule has 2 fully saturated rings. The first-order valence-corrected chi connectivity index (χ1v) is 10.9. The smallest absolute Gasteiger partial charge is 0.247 e. The van der Waals surface area contributed by atoms with Gasteiger partial charge in [0.2, 0.25) is 21.6 Å². The van der Waals surface area contributed by atoms with Crippen LogP contribution in [0.2, 0.25) is 5.02 Å². The summed E-state index contributed by atoms with van der Waals surface area (Å²) in [6.07, 6.45) is 3.77. The molecule has 0 amide bonds. The Balaban J connectivity index is 1.87. The van der Waals surface area contributed by atoms with E-state index in [2.05, 4.69) is 17.6 Å². The molecule has 2 aliphatic rings. The van der Waals surface area contributed by atoms with Crippen LogP contribution in [0, 0.1) is 0 Å². The molecule has 2 aliphatic carbocycles. The van der Waals surface area contributed by atoms with Crippen molar-refractivity contribution in [2.75, 3.05) is 19.4 Å². The quantitative estimate of drug-likeness (QED) is 0.423. The number of anilines is 1. The highest BCUT2D eigenvalue weighted by molar-refractivity contribution is 7.89. The average molecular weight is 430 g/mol. The van der Waals surface area contributed by atoms with Crippen molar-refractivity contribution in [3.05, 3.63) is 17.2 Å². The van der Waals surface area contributed by atoms with E-state index < -0.39 is 44.3 Å².